The van der Waals surface area contributed by atoms with Gasteiger partial charge in [0.1, 0.15) is 6.07 Å². The van der Waals surface area contributed by atoms with Gasteiger partial charge in [0.05, 0.1) is 62.8 Å². The minimum Gasteiger partial charge on any atom is -0.309 e. The summed E-state index contributed by atoms with van der Waals surface area (Å²) in [6, 6.07) is 54.4. The van der Waals surface area contributed by atoms with Gasteiger partial charge in [-0.15, -0.1) is 0 Å². The molecule has 0 aliphatic heterocycles. The van der Waals surface area contributed by atoms with E-state index in [1.807, 2.05) is 130 Å². The highest BCUT2D eigenvalue weighted by Gasteiger charge is 2.35. The molecule has 288 valence electrons. The molecule has 61 heavy (non-hydrogen) atoms. The Kier molecular flexibility index (Phi) is 8.58. The molecule has 0 bridgehead atoms. The average molecular weight is 794 g/mol. The molecule has 2 heterocycles. The second kappa shape index (κ2) is 14.2. The van der Waals surface area contributed by atoms with E-state index in [1.54, 1.807) is 37.3 Å². The summed E-state index contributed by atoms with van der Waals surface area (Å²) >= 11 is 0. The molecule has 0 N–H and O–H groups in total. The average Bonchev–Trinajstić information content (AvgIpc) is 3.80. The zero-order chi connectivity index (χ0) is 42.0. The standard InChI is InChI=1S/C53H30F3N5/c1-32-12-11-18-44(53(54,55)56)52(32)43-29-50(60-46-20-9-6-16-39(46)41-26-33(22-24-48(41)60)37-14-4-3-13-35(37)30-57)36(31-58)28-51(43)61-47-21-10-7-17-40(47)42-27-34(23-25-49(42)61)38-15-5-8-19-45(38)59-2/h3-29H,1H3. The van der Waals surface area contributed by atoms with Crippen LogP contribution in [-0.4, -0.2) is 9.13 Å². The van der Waals surface area contributed by atoms with Crippen LogP contribution in [0.1, 0.15) is 22.3 Å². The number of para-hydroxylation sites is 3. The zero-order valence-electron chi connectivity index (χ0n) is 32.5. The number of aryl methyl sites for hydroxylation is 1. The van der Waals surface area contributed by atoms with E-state index in [0.29, 0.717) is 33.8 Å². The van der Waals surface area contributed by atoms with Gasteiger partial charge < -0.3 is 9.13 Å². The van der Waals surface area contributed by atoms with Gasteiger partial charge in [-0.3, -0.25) is 0 Å². The second-order valence-corrected chi connectivity index (χ2v) is 14.9. The van der Waals surface area contributed by atoms with Gasteiger partial charge in [-0.1, -0.05) is 103 Å². The molecule has 8 aromatic carbocycles. The first-order valence-electron chi connectivity index (χ1n) is 19.5. The molecule has 10 aromatic rings. The van der Waals surface area contributed by atoms with Crippen LogP contribution >= 0.6 is 0 Å². The third kappa shape index (κ3) is 5.83. The van der Waals surface area contributed by atoms with Gasteiger partial charge in [-0.2, -0.15) is 23.7 Å². The topological polar surface area (TPSA) is 61.8 Å². The number of halogens is 3. The Labute approximate surface area is 348 Å². The number of benzene rings is 8. The molecule has 0 amide bonds. The molecule has 5 nitrogen and oxygen atoms in total. The van der Waals surface area contributed by atoms with Crippen LogP contribution in [0.15, 0.2) is 164 Å². The molecule has 0 atom stereocenters. The van der Waals surface area contributed by atoms with E-state index >= 15 is 13.2 Å². The summed E-state index contributed by atoms with van der Waals surface area (Å²) in [5.41, 5.74) is 8.31. The van der Waals surface area contributed by atoms with Crippen LogP contribution in [0.4, 0.5) is 18.9 Å². The Morgan fingerprint density at radius 3 is 1.67 bits per heavy atom. The van der Waals surface area contributed by atoms with E-state index in [0.717, 1.165) is 71.9 Å². The van der Waals surface area contributed by atoms with Crippen LogP contribution in [0.3, 0.4) is 0 Å². The van der Waals surface area contributed by atoms with Crippen molar-refractivity contribution in [3.8, 4) is 56.9 Å². The van der Waals surface area contributed by atoms with Crippen LogP contribution in [0.2, 0.25) is 0 Å². The number of rotatable bonds is 5. The quantitative estimate of drug-likeness (QED) is 0.163. The zero-order valence-corrected chi connectivity index (χ0v) is 32.5. The van der Waals surface area contributed by atoms with Crippen molar-refractivity contribution in [2.45, 2.75) is 13.1 Å². The minimum absolute atomic E-state index is 0.0143. The van der Waals surface area contributed by atoms with Crippen LogP contribution in [0, 0.1) is 36.2 Å². The number of nitrogens with zero attached hydrogens (tertiary/aromatic N) is 5. The van der Waals surface area contributed by atoms with Crippen molar-refractivity contribution in [3.63, 3.8) is 0 Å². The van der Waals surface area contributed by atoms with Gasteiger partial charge in [-0.05, 0) is 101 Å². The predicted molar refractivity (Wildman–Crippen MR) is 237 cm³/mol. The smallest absolute Gasteiger partial charge is 0.309 e. The molecular weight excluding hydrogens is 764 g/mol. The maximum absolute atomic E-state index is 15.2. The summed E-state index contributed by atoms with van der Waals surface area (Å²) in [6.07, 6.45) is -4.69. The fraction of sp³-hybridized carbons (Fsp3) is 0.0377. The largest absolute Gasteiger partial charge is 0.417 e. The lowest BCUT2D eigenvalue weighted by molar-refractivity contribution is -0.137. The molecule has 0 saturated carbocycles. The Morgan fingerprint density at radius 2 is 1.05 bits per heavy atom. The predicted octanol–water partition coefficient (Wildman–Crippen LogP) is 14.5. The van der Waals surface area contributed by atoms with Crippen LogP contribution in [0.5, 0.6) is 0 Å². The first kappa shape index (κ1) is 36.9. The summed E-state index contributed by atoms with van der Waals surface area (Å²) in [7, 11) is 0. The molecule has 0 radical (unpaired) electrons. The Balaban J connectivity index is 1.31. The molecule has 10 rings (SSSR count). The fourth-order valence-corrected chi connectivity index (χ4v) is 8.95. The lowest BCUT2D eigenvalue weighted by Crippen LogP contribution is -2.10. The lowest BCUT2D eigenvalue weighted by atomic mass is 9.91. The molecular formula is C53H30F3N5. The van der Waals surface area contributed by atoms with Crippen molar-refractivity contribution in [3.05, 3.63) is 197 Å². The van der Waals surface area contributed by atoms with Gasteiger partial charge in [0.15, 0.2) is 5.69 Å². The molecule has 2 aromatic heterocycles. The Bertz CT molecular complexity index is 3590. The minimum atomic E-state index is -4.69. The lowest BCUT2D eigenvalue weighted by Gasteiger charge is -2.22. The van der Waals surface area contributed by atoms with E-state index in [-0.39, 0.29) is 11.1 Å². The number of alkyl halides is 3. The molecule has 0 saturated heterocycles. The maximum atomic E-state index is 15.2. The summed E-state index contributed by atoms with van der Waals surface area (Å²) in [5, 5.41) is 24.4. The summed E-state index contributed by atoms with van der Waals surface area (Å²) in [4.78, 5) is 3.74. The number of hydrogen-bond acceptors (Lipinski definition) is 2. The van der Waals surface area contributed by atoms with Crippen molar-refractivity contribution in [1.82, 2.24) is 9.13 Å². The molecule has 0 fully saturated rings. The third-order valence-corrected chi connectivity index (χ3v) is 11.6. The van der Waals surface area contributed by atoms with Gasteiger partial charge >= 0.3 is 6.18 Å². The fourth-order valence-electron chi connectivity index (χ4n) is 8.95. The first-order valence-corrected chi connectivity index (χ1v) is 19.5. The van der Waals surface area contributed by atoms with E-state index in [4.69, 9.17) is 6.57 Å². The SMILES string of the molecule is [C-]#[N+]c1ccccc1-c1ccc2c(c1)c1ccccc1n2-c1cc(C#N)c(-n2c3ccccc3c3cc(-c4ccccc4C#N)ccc32)cc1-c1c(C)cccc1C(F)(F)F. The number of nitriles is 2. The Morgan fingerprint density at radius 1 is 0.508 bits per heavy atom. The van der Waals surface area contributed by atoms with E-state index in [2.05, 4.69) is 17.0 Å². The highest BCUT2D eigenvalue weighted by Crippen LogP contribution is 2.46. The number of hydrogen-bond donors (Lipinski definition) is 0. The van der Waals surface area contributed by atoms with E-state index < -0.39 is 11.7 Å². The number of aromatic nitrogens is 2. The summed E-state index contributed by atoms with van der Waals surface area (Å²) in [6.45, 7) is 9.47. The molecule has 8 heteroatoms. The third-order valence-electron chi connectivity index (χ3n) is 11.6. The van der Waals surface area contributed by atoms with Crippen molar-refractivity contribution in [2.24, 2.45) is 0 Å². The highest BCUT2D eigenvalue weighted by atomic mass is 19.4. The monoisotopic (exact) mass is 793 g/mol. The molecule has 0 spiro atoms. The van der Waals surface area contributed by atoms with E-state index in [9.17, 15) is 10.5 Å². The number of fused-ring (bicyclic) bond motifs is 6. The molecule has 0 unspecified atom stereocenters. The second-order valence-electron chi connectivity index (χ2n) is 14.9. The van der Waals surface area contributed by atoms with Gasteiger partial charge in [-0.25, -0.2) is 4.85 Å². The maximum Gasteiger partial charge on any atom is 0.417 e. The van der Waals surface area contributed by atoms with Gasteiger partial charge in [0.25, 0.3) is 0 Å². The summed E-state index contributed by atoms with van der Waals surface area (Å²) < 4.78 is 49.6. The molecule has 0 aliphatic rings. The van der Waals surface area contributed by atoms with Crippen molar-refractivity contribution in [1.29, 1.82) is 10.5 Å². The van der Waals surface area contributed by atoms with Crippen molar-refractivity contribution in [2.75, 3.05) is 0 Å². The van der Waals surface area contributed by atoms with Crippen molar-refractivity contribution >= 4 is 49.3 Å². The van der Waals surface area contributed by atoms with Crippen LogP contribution in [-0.2, 0) is 6.18 Å². The highest BCUT2D eigenvalue weighted by molar-refractivity contribution is 6.13. The normalized spacial score (nSPS) is 11.6. The van der Waals surface area contributed by atoms with Gasteiger partial charge in [0, 0.05) is 27.1 Å². The van der Waals surface area contributed by atoms with Crippen LogP contribution < -0.4 is 0 Å². The first-order chi connectivity index (χ1) is 29.7. The van der Waals surface area contributed by atoms with Crippen LogP contribution in [0.25, 0.3) is 93.2 Å². The Hall–Kier alpha value is -8.38. The molecule has 0 aliphatic carbocycles. The van der Waals surface area contributed by atoms with Crippen molar-refractivity contribution < 1.29 is 13.2 Å². The summed E-state index contributed by atoms with van der Waals surface area (Å²) in [5.74, 6) is 0. The van der Waals surface area contributed by atoms with Gasteiger partial charge in [0.2, 0.25) is 0 Å². The van der Waals surface area contributed by atoms with E-state index in [1.165, 1.54) is 6.07 Å².